The predicted octanol–water partition coefficient (Wildman–Crippen LogP) is 4.27. The summed E-state index contributed by atoms with van der Waals surface area (Å²) in [4.78, 5) is 12.2. The molecule has 0 unspecified atom stereocenters. The van der Waals surface area contributed by atoms with E-state index in [4.69, 9.17) is 4.74 Å². The van der Waals surface area contributed by atoms with E-state index >= 15 is 0 Å². The number of carbonyl (C=O) groups is 1. The molecule has 0 aromatic heterocycles. The second-order valence-electron chi connectivity index (χ2n) is 4.06. The molecular formula is C16H14BrNO2. The third-order valence-electron chi connectivity index (χ3n) is 2.58. The topological polar surface area (TPSA) is 38.3 Å². The molecule has 1 amide bonds. The molecule has 0 aliphatic heterocycles. The second kappa shape index (κ2) is 6.91. The lowest BCUT2D eigenvalue weighted by Crippen LogP contribution is -2.12. The van der Waals surface area contributed by atoms with E-state index in [0.717, 1.165) is 4.47 Å². The molecule has 20 heavy (non-hydrogen) atoms. The van der Waals surface area contributed by atoms with Gasteiger partial charge in [0.1, 0.15) is 12.4 Å². The Bertz CT molecular complexity index is 625. The van der Waals surface area contributed by atoms with E-state index < -0.39 is 0 Å². The first-order valence-electron chi connectivity index (χ1n) is 6.10. The normalized spacial score (nSPS) is 9.85. The summed E-state index contributed by atoms with van der Waals surface area (Å²) in [5, 5.41) is 2.84. The van der Waals surface area contributed by atoms with E-state index in [-0.39, 0.29) is 5.91 Å². The summed E-state index contributed by atoms with van der Waals surface area (Å²) < 4.78 is 6.37. The van der Waals surface area contributed by atoms with Crippen LogP contribution < -0.4 is 10.1 Å². The van der Waals surface area contributed by atoms with Crippen molar-refractivity contribution in [3.63, 3.8) is 0 Å². The van der Waals surface area contributed by atoms with Crippen molar-refractivity contribution in [2.75, 3.05) is 11.9 Å². The summed E-state index contributed by atoms with van der Waals surface area (Å²) in [6, 6.07) is 14.5. The van der Waals surface area contributed by atoms with Crippen molar-refractivity contribution in [3.05, 3.63) is 71.2 Å². The lowest BCUT2D eigenvalue weighted by atomic mass is 10.2. The van der Waals surface area contributed by atoms with Gasteiger partial charge in [0.25, 0.3) is 5.91 Å². The van der Waals surface area contributed by atoms with Gasteiger partial charge >= 0.3 is 0 Å². The highest BCUT2D eigenvalue weighted by atomic mass is 79.9. The van der Waals surface area contributed by atoms with Crippen molar-refractivity contribution < 1.29 is 9.53 Å². The molecule has 1 N–H and O–H groups in total. The molecule has 4 heteroatoms. The van der Waals surface area contributed by atoms with E-state index in [2.05, 4.69) is 27.8 Å². The number of benzene rings is 2. The first-order valence-corrected chi connectivity index (χ1v) is 6.89. The molecule has 0 spiro atoms. The van der Waals surface area contributed by atoms with Crippen molar-refractivity contribution in [2.45, 2.75) is 0 Å². The fourth-order valence-corrected chi connectivity index (χ4v) is 2.07. The highest BCUT2D eigenvalue weighted by molar-refractivity contribution is 9.10. The molecule has 0 saturated heterocycles. The fourth-order valence-electron chi connectivity index (χ4n) is 1.67. The maximum Gasteiger partial charge on any atom is 0.255 e. The first-order chi connectivity index (χ1) is 9.70. The monoisotopic (exact) mass is 331 g/mol. The Morgan fingerprint density at radius 1 is 1.25 bits per heavy atom. The number of carbonyl (C=O) groups excluding carboxylic acids is 1. The van der Waals surface area contributed by atoms with Crippen LogP contribution in [0.5, 0.6) is 5.75 Å². The zero-order chi connectivity index (χ0) is 14.4. The summed E-state index contributed by atoms with van der Waals surface area (Å²) in [6.45, 7) is 4.00. The summed E-state index contributed by atoms with van der Waals surface area (Å²) in [5.41, 5.74) is 1.22. The van der Waals surface area contributed by atoms with Crippen molar-refractivity contribution in [1.29, 1.82) is 0 Å². The number of hydrogen-bond acceptors (Lipinski definition) is 2. The lowest BCUT2D eigenvalue weighted by Gasteiger charge is -2.11. The highest BCUT2D eigenvalue weighted by Crippen LogP contribution is 2.24. The molecule has 2 aromatic carbocycles. The minimum atomic E-state index is -0.180. The average molecular weight is 332 g/mol. The zero-order valence-electron chi connectivity index (χ0n) is 10.8. The van der Waals surface area contributed by atoms with Crippen LogP contribution in [0.3, 0.4) is 0 Å². The van der Waals surface area contributed by atoms with Gasteiger partial charge in [0.05, 0.1) is 5.69 Å². The molecule has 0 fully saturated rings. The van der Waals surface area contributed by atoms with Gasteiger partial charge in [-0.3, -0.25) is 4.79 Å². The molecule has 2 aromatic rings. The first kappa shape index (κ1) is 14.3. The second-order valence-corrected chi connectivity index (χ2v) is 4.98. The van der Waals surface area contributed by atoms with Crippen LogP contribution in [0.2, 0.25) is 0 Å². The SMILES string of the molecule is C=CCOc1ccccc1NC(=O)c1cccc(Br)c1. The van der Waals surface area contributed by atoms with Crippen LogP contribution in [-0.4, -0.2) is 12.5 Å². The predicted molar refractivity (Wildman–Crippen MR) is 84.2 cm³/mol. The lowest BCUT2D eigenvalue weighted by molar-refractivity contribution is 0.102. The standard InChI is InChI=1S/C16H14BrNO2/c1-2-10-20-15-9-4-3-8-14(15)18-16(19)12-6-5-7-13(17)11-12/h2-9,11H,1,10H2,(H,18,19). The van der Waals surface area contributed by atoms with Crippen LogP contribution >= 0.6 is 15.9 Å². The quantitative estimate of drug-likeness (QED) is 0.831. The molecule has 0 aliphatic rings. The Balaban J connectivity index is 2.17. The Hall–Kier alpha value is -2.07. The van der Waals surface area contributed by atoms with Gasteiger partial charge in [-0.1, -0.05) is 46.8 Å². The van der Waals surface area contributed by atoms with Crippen molar-refractivity contribution >= 4 is 27.5 Å². The van der Waals surface area contributed by atoms with Crippen molar-refractivity contribution in [1.82, 2.24) is 0 Å². The maximum atomic E-state index is 12.2. The Morgan fingerprint density at radius 2 is 2.05 bits per heavy atom. The molecule has 0 heterocycles. The Morgan fingerprint density at radius 3 is 2.80 bits per heavy atom. The van der Waals surface area contributed by atoms with Gasteiger partial charge in [-0.15, -0.1) is 0 Å². The number of halogens is 1. The highest BCUT2D eigenvalue weighted by Gasteiger charge is 2.09. The van der Waals surface area contributed by atoms with Gasteiger partial charge in [0.15, 0.2) is 0 Å². The van der Waals surface area contributed by atoms with E-state index in [9.17, 15) is 4.79 Å². The van der Waals surface area contributed by atoms with E-state index in [0.29, 0.717) is 23.6 Å². The number of nitrogens with one attached hydrogen (secondary N) is 1. The van der Waals surface area contributed by atoms with Crippen LogP contribution in [0, 0.1) is 0 Å². The molecule has 0 saturated carbocycles. The third kappa shape index (κ3) is 3.71. The minimum absolute atomic E-state index is 0.180. The molecule has 3 nitrogen and oxygen atoms in total. The van der Waals surface area contributed by atoms with Crippen LogP contribution in [0.15, 0.2) is 65.7 Å². The fraction of sp³-hybridized carbons (Fsp3) is 0.0625. The third-order valence-corrected chi connectivity index (χ3v) is 3.07. The summed E-state index contributed by atoms with van der Waals surface area (Å²) in [5.74, 6) is 0.441. The van der Waals surface area contributed by atoms with Crippen LogP contribution in [0.4, 0.5) is 5.69 Å². The van der Waals surface area contributed by atoms with Crippen molar-refractivity contribution in [3.8, 4) is 5.75 Å². The molecular weight excluding hydrogens is 318 g/mol. The van der Waals surface area contributed by atoms with Crippen molar-refractivity contribution in [2.24, 2.45) is 0 Å². The molecule has 2 rings (SSSR count). The number of para-hydroxylation sites is 2. The Labute approximate surface area is 126 Å². The van der Waals surface area contributed by atoms with Gasteiger partial charge < -0.3 is 10.1 Å². The van der Waals surface area contributed by atoms with Crippen LogP contribution in [0.25, 0.3) is 0 Å². The average Bonchev–Trinajstić information content (AvgIpc) is 2.46. The number of ether oxygens (including phenoxy) is 1. The van der Waals surface area contributed by atoms with Gasteiger partial charge in [-0.2, -0.15) is 0 Å². The number of hydrogen-bond donors (Lipinski definition) is 1. The summed E-state index contributed by atoms with van der Waals surface area (Å²) >= 11 is 3.35. The molecule has 102 valence electrons. The molecule has 0 radical (unpaired) electrons. The molecule has 0 aliphatic carbocycles. The molecule has 0 bridgehead atoms. The van der Waals surface area contributed by atoms with Gasteiger partial charge in [0.2, 0.25) is 0 Å². The summed E-state index contributed by atoms with van der Waals surface area (Å²) in [6.07, 6.45) is 1.66. The van der Waals surface area contributed by atoms with Crippen LogP contribution in [-0.2, 0) is 0 Å². The summed E-state index contributed by atoms with van der Waals surface area (Å²) in [7, 11) is 0. The number of rotatable bonds is 5. The number of anilines is 1. The number of amides is 1. The van der Waals surface area contributed by atoms with E-state index in [1.165, 1.54) is 0 Å². The zero-order valence-corrected chi connectivity index (χ0v) is 12.4. The van der Waals surface area contributed by atoms with Crippen LogP contribution in [0.1, 0.15) is 10.4 Å². The maximum absolute atomic E-state index is 12.2. The van der Waals surface area contributed by atoms with Gasteiger partial charge in [-0.05, 0) is 30.3 Å². The molecule has 0 atom stereocenters. The minimum Gasteiger partial charge on any atom is -0.487 e. The smallest absolute Gasteiger partial charge is 0.255 e. The van der Waals surface area contributed by atoms with Gasteiger partial charge in [0, 0.05) is 10.0 Å². The largest absolute Gasteiger partial charge is 0.487 e. The van der Waals surface area contributed by atoms with E-state index in [1.807, 2.05) is 24.3 Å². The Kier molecular flexibility index (Phi) is 4.96. The van der Waals surface area contributed by atoms with E-state index in [1.54, 1.807) is 30.3 Å². The van der Waals surface area contributed by atoms with Gasteiger partial charge in [-0.25, -0.2) is 0 Å².